The van der Waals surface area contributed by atoms with Crippen molar-refractivity contribution in [2.24, 2.45) is 0 Å². The zero-order chi connectivity index (χ0) is 14.1. The van der Waals surface area contributed by atoms with Gasteiger partial charge < -0.3 is 9.64 Å². The molecule has 1 rings (SSSR count). The van der Waals surface area contributed by atoms with Crippen LogP contribution in [0.1, 0.15) is 59.3 Å². The lowest BCUT2D eigenvalue weighted by molar-refractivity contribution is -0.130. The van der Waals surface area contributed by atoms with Crippen LogP contribution in [-0.4, -0.2) is 42.8 Å². The van der Waals surface area contributed by atoms with Crippen molar-refractivity contribution in [2.45, 2.75) is 71.5 Å². The third-order valence-corrected chi connectivity index (χ3v) is 3.65. The maximum atomic E-state index is 12.2. The molecule has 1 N–H and O–H groups in total. The van der Waals surface area contributed by atoms with Gasteiger partial charge in [-0.1, -0.05) is 33.6 Å². The van der Waals surface area contributed by atoms with Gasteiger partial charge in [0, 0.05) is 19.8 Å². The summed E-state index contributed by atoms with van der Waals surface area (Å²) in [7, 11) is 0. The van der Waals surface area contributed by atoms with Crippen molar-refractivity contribution in [3.63, 3.8) is 0 Å². The molecule has 1 aliphatic rings. The van der Waals surface area contributed by atoms with Crippen LogP contribution < -0.4 is 5.32 Å². The molecule has 0 bridgehead atoms. The smallest absolute Gasteiger partial charge is 0.241 e. The minimum atomic E-state index is 0.0255. The van der Waals surface area contributed by atoms with Gasteiger partial charge in [-0.3, -0.25) is 10.1 Å². The molecule has 0 aromatic heterocycles. The molecule has 112 valence electrons. The van der Waals surface area contributed by atoms with E-state index < -0.39 is 0 Å². The predicted octanol–water partition coefficient (Wildman–Crippen LogP) is 2.53. The van der Waals surface area contributed by atoms with Gasteiger partial charge in [-0.15, -0.1) is 0 Å². The molecule has 2 atom stereocenters. The average Bonchev–Trinajstić information content (AvgIpc) is 2.71. The lowest BCUT2D eigenvalue weighted by Crippen LogP contribution is -2.38. The second-order valence-electron chi connectivity index (χ2n) is 5.28. The summed E-state index contributed by atoms with van der Waals surface area (Å²) in [6.45, 7) is 8.82. The van der Waals surface area contributed by atoms with Crippen molar-refractivity contribution in [2.75, 3.05) is 19.8 Å². The van der Waals surface area contributed by atoms with Crippen molar-refractivity contribution < 1.29 is 9.53 Å². The maximum Gasteiger partial charge on any atom is 0.241 e. The van der Waals surface area contributed by atoms with E-state index in [2.05, 4.69) is 26.1 Å². The van der Waals surface area contributed by atoms with Gasteiger partial charge in [-0.2, -0.15) is 0 Å². The highest BCUT2D eigenvalue weighted by Gasteiger charge is 2.36. The Morgan fingerprint density at radius 2 is 1.89 bits per heavy atom. The van der Waals surface area contributed by atoms with Crippen molar-refractivity contribution >= 4 is 5.91 Å². The molecule has 0 radical (unpaired) electrons. The summed E-state index contributed by atoms with van der Waals surface area (Å²) in [5.74, 6) is 0.273. The van der Waals surface area contributed by atoms with Gasteiger partial charge >= 0.3 is 0 Å². The number of amides is 1. The van der Waals surface area contributed by atoms with Gasteiger partial charge in [-0.05, 0) is 25.7 Å². The highest BCUT2D eigenvalue weighted by atomic mass is 16.5. The van der Waals surface area contributed by atoms with Crippen molar-refractivity contribution in [3.05, 3.63) is 0 Å². The molecule has 1 heterocycles. The Morgan fingerprint density at radius 3 is 2.53 bits per heavy atom. The second-order valence-corrected chi connectivity index (χ2v) is 5.28. The number of unbranched alkanes of at least 4 members (excludes halogenated alkanes) is 1. The van der Waals surface area contributed by atoms with E-state index in [-0.39, 0.29) is 18.1 Å². The molecular formula is C15H30N2O2. The SMILES string of the molecule is CCCCOCCCN1C(=O)C(CC)NC1CCC. The number of ether oxygens (including phenoxy) is 1. The monoisotopic (exact) mass is 270 g/mol. The minimum Gasteiger partial charge on any atom is -0.381 e. The van der Waals surface area contributed by atoms with Crippen LogP contribution in [0.2, 0.25) is 0 Å². The summed E-state index contributed by atoms with van der Waals surface area (Å²) < 4.78 is 5.56. The van der Waals surface area contributed by atoms with Crippen LogP contribution in [0.3, 0.4) is 0 Å². The molecule has 0 spiro atoms. The first kappa shape index (κ1) is 16.4. The zero-order valence-electron chi connectivity index (χ0n) is 12.8. The number of hydrogen-bond acceptors (Lipinski definition) is 3. The number of nitrogens with one attached hydrogen (secondary N) is 1. The fourth-order valence-electron chi connectivity index (χ4n) is 2.50. The third kappa shape index (κ3) is 5.11. The van der Waals surface area contributed by atoms with Crippen LogP contribution in [-0.2, 0) is 9.53 Å². The molecular weight excluding hydrogens is 240 g/mol. The van der Waals surface area contributed by atoms with Crippen LogP contribution in [0.5, 0.6) is 0 Å². The topological polar surface area (TPSA) is 41.6 Å². The first-order valence-electron chi connectivity index (χ1n) is 7.88. The zero-order valence-corrected chi connectivity index (χ0v) is 12.8. The first-order chi connectivity index (χ1) is 9.24. The van der Waals surface area contributed by atoms with Gasteiger partial charge in [0.2, 0.25) is 5.91 Å². The Labute approximate surface area is 117 Å². The number of rotatable bonds is 10. The molecule has 0 aromatic carbocycles. The lowest BCUT2D eigenvalue weighted by atomic mass is 10.2. The number of carbonyl (C=O) groups is 1. The van der Waals surface area contributed by atoms with Crippen molar-refractivity contribution in [1.29, 1.82) is 0 Å². The largest absolute Gasteiger partial charge is 0.381 e. The van der Waals surface area contributed by atoms with Gasteiger partial charge in [0.25, 0.3) is 0 Å². The molecule has 4 nitrogen and oxygen atoms in total. The van der Waals surface area contributed by atoms with Gasteiger partial charge in [-0.25, -0.2) is 0 Å². The molecule has 1 amide bonds. The highest BCUT2D eigenvalue weighted by Crippen LogP contribution is 2.17. The van der Waals surface area contributed by atoms with Gasteiger partial charge in [0.05, 0.1) is 12.2 Å². The Hall–Kier alpha value is -0.610. The molecule has 0 saturated carbocycles. The summed E-state index contributed by atoms with van der Waals surface area (Å²) in [6.07, 6.45) is 6.49. The molecule has 1 saturated heterocycles. The summed E-state index contributed by atoms with van der Waals surface area (Å²) in [5.41, 5.74) is 0. The van der Waals surface area contributed by atoms with Crippen LogP contribution in [0, 0.1) is 0 Å². The molecule has 1 aliphatic heterocycles. The normalized spacial score (nSPS) is 23.3. The van der Waals surface area contributed by atoms with E-state index in [9.17, 15) is 4.79 Å². The molecule has 1 fully saturated rings. The fraction of sp³-hybridized carbons (Fsp3) is 0.933. The van der Waals surface area contributed by atoms with E-state index in [1.807, 2.05) is 4.90 Å². The molecule has 0 aromatic rings. The summed E-state index contributed by atoms with van der Waals surface area (Å²) >= 11 is 0. The molecule has 19 heavy (non-hydrogen) atoms. The van der Waals surface area contributed by atoms with E-state index in [0.29, 0.717) is 0 Å². The summed E-state index contributed by atoms with van der Waals surface area (Å²) in [4.78, 5) is 14.2. The fourth-order valence-corrected chi connectivity index (χ4v) is 2.50. The highest BCUT2D eigenvalue weighted by molar-refractivity contribution is 5.84. The van der Waals surface area contributed by atoms with E-state index in [1.165, 1.54) is 6.42 Å². The van der Waals surface area contributed by atoms with E-state index in [4.69, 9.17) is 4.74 Å². The quantitative estimate of drug-likeness (QED) is 0.620. The molecule has 4 heteroatoms. The Kier molecular flexibility index (Phi) is 8.07. The molecule has 0 aliphatic carbocycles. The third-order valence-electron chi connectivity index (χ3n) is 3.65. The van der Waals surface area contributed by atoms with E-state index in [1.54, 1.807) is 0 Å². The van der Waals surface area contributed by atoms with Gasteiger partial charge in [0.15, 0.2) is 0 Å². The van der Waals surface area contributed by atoms with Crippen LogP contribution in [0.15, 0.2) is 0 Å². The number of nitrogens with zero attached hydrogens (tertiary/aromatic N) is 1. The lowest BCUT2D eigenvalue weighted by Gasteiger charge is -2.23. The average molecular weight is 270 g/mol. The van der Waals surface area contributed by atoms with Crippen LogP contribution in [0.4, 0.5) is 0 Å². The number of carbonyl (C=O) groups excluding carboxylic acids is 1. The predicted molar refractivity (Wildman–Crippen MR) is 78.0 cm³/mol. The maximum absolute atomic E-state index is 12.2. The Balaban J connectivity index is 2.30. The van der Waals surface area contributed by atoms with E-state index in [0.717, 1.165) is 51.9 Å². The van der Waals surface area contributed by atoms with E-state index >= 15 is 0 Å². The standard InChI is InChI=1S/C15H30N2O2/c1-4-7-11-19-12-8-10-17-14(9-5-2)16-13(6-3)15(17)18/h13-14,16H,4-12H2,1-3H3. The minimum absolute atomic E-state index is 0.0255. The van der Waals surface area contributed by atoms with Crippen LogP contribution in [0.25, 0.3) is 0 Å². The van der Waals surface area contributed by atoms with Crippen LogP contribution >= 0.6 is 0 Å². The Bertz CT molecular complexity index is 259. The first-order valence-corrected chi connectivity index (χ1v) is 7.88. The molecule has 2 unspecified atom stereocenters. The van der Waals surface area contributed by atoms with Crippen molar-refractivity contribution in [1.82, 2.24) is 10.2 Å². The second kappa shape index (κ2) is 9.32. The summed E-state index contributed by atoms with van der Waals surface area (Å²) in [6, 6.07) is 0.0255. The van der Waals surface area contributed by atoms with Gasteiger partial charge in [0.1, 0.15) is 0 Å². The number of hydrogen-bond donors (Lipinski definition) is 1. The van der Waals surface area contributed by atoms with Crippen molar-refractivity contribution in [3.8, 4) is 0 Å². The Morgan fingerprint density at radius 1 is 1.16 bits per heavy atom. The summed E-state index contributed by atoms with van der Waals surface area (Å²) in [5, 5.41) is 3.44.